The Kier molecular flexibility index (Phi) is 5.18. The van der Waals surface area contributed by atoms with Gasteiger partial charge in [-0.15, -0.1) is 11.3 Å². The van der Waals surface area contributed by atoms with E-state index in [2.05, 4.69) is 53.3 Å². The Balaban J connectivity index is 1.70. The van der Waals surface area contributed by atoms with Crippen LogP contribution in [0, 0.1) is 19.8 Å². The molecule has 1 aromatic carbocycles. The van der Waals surface area contributed by atoms with Crippen LogP contribution < -0.4 is 10.2 Å². The maximum Gasteiger partial charge on any atom is 0.0900 e. The molecule has 124 valence electrons. The molecule has 1 fully saturated rings. The van der Waals surface area contributed by atoms with E-state index in [1.54, 1.807) is 11.3 Å². The molecule has 1 aliphatic heterocycles. The molecule has 0 unspecified atom stereocenters. The molecule has 1 aliphatic rings. The molecule has 23 heavy (non-hydrogen) atoms. The second-order valence-electron chi connectivity index (χ2n) is 6.23. The lowest BCUT2D eigenvalue weighted by Gasteiger charge is -2.34. The van der Waals surface area contributed by atoms with Crippen LogP contribution in [-0.2, 0) is 6.54 Å². The summed E-state index contributed by atoms with van der Waals surface area (Å²) in [6.45, 7) is 7.30. The first-order valence-electron chi connectivity index (χ1n) is 8.29. The summed E-state index contributed by atoms with van der Waals surface area (Å²) < 4.78 is 0. The van der Waals surface area contributed by atoms with Crippen molar-refractivity contribution in [2.24, 2.45) is 5.92 Å². The molecule has 4 nitrogen and oxygen atoms in total. The number of aryl methyl sites for hydroxylation is 2. The number of aromatic nitrogens is 1. The lowest BCUT2D eigenvalue weighted by atomic mass is 9.97. The molecular weight excluding hydrogens is 306 g/mol. The molecule has 2 heterocycles. The minimum Gasteiger partial charge on any atom is -0.396 e. The fraction of sp³-hybridized carbons (Fsp3) is 0.500. The number of nitrogens with zero attached hydrogens (tertiary/aromatic N) is 2. The molecule has 5 heteroatoms. The highest BCUT2D eigenvalue weighted by Gasteiger charge is 2.20. The third-order valence-electron chi connectivity index (χ3n) is 4.56. The van der Waals surface area contributed by atoms with Gasteiger partial charge in [0.05, 0.1) is 28.6 Å². The van der Waals surface area contributed by atoms with Gasteiger partial charge in [-0.2, -0.15) is 0 Å². The summed E-state index contributed by atoms with van der Waals surface area (Å²) in [5, 5.41) is 14.0. The topological polar surface area (TPSA) is 48.4 Å². The van der Waals surface area contributed by atoms with Crippen molar-refractivity contribution in [3.63, 3.8) is 0 Å². The molecule has 0 aliphatic carbocycles. The molecule has 0 atom stereocenters. The molecule has 0 spiro atoms. The smallest absolute Gasteiger partial charge is 0.0900 e. The minimum atomic E-state index is 0.317. The highest BCUT2D eigenvalue weighted by atomic mass is 32.1. The summed E-state index contributed by atoms with van der Waals surface area (Å²) in [6.07, 6.45) is 2.13. The Hall–Kier alpha value is -1.59. The maximum absolute atomic E-state index is 9.31. The van der Waals surface area contributed by atoms with E-state index < -0.39 is 0 Å². The van der Waals surface area contributed by atoms with Crippen molar-refractivity contribution < 1.29 is 5.11 Å². The Bertz CT molecular complexity index is 647. The third-order valence-corrected chi connectivity index (χ3v) is 5.63. The first kappa shape index (κ1) is 16.3. The molecular formula is C18H25N3OS. The van der Waals surface area contributed by atoms with Crippen LogP contribution in [0.1, 0.15) is 28.4 Å². The molecule has 0 bridgehead atoms. The van der Waals surface area contributed by atoms with E-state index in [0.717, 1.165) is 43.2 Å². The summed E-state index contributed by atoms with van der Waals surface area (Å²) in [4.78, 5) is 8.23. The van der Waals surface area contributed by atoms with Gasteiger partial charge < -0.3 is 15.3 Å². The van der Waals surface area contributed by atoms with E-state index >= 15 is 0 Å². The number of aliphatic hydroxyl groups is 1. The number of anilines is 2. The standard InChI is InChI=1S/C18H25N3OS/c1-13-18(23-14(2)20-13)11-19-16-5-3-4-6-17(16)21-9-7-15(12-22)8-10-21/h3-6,15,19,22H,7-12H2,1-2H3. The van der Waals surface area contributed by atoms with E-state index in [-0.39, 0.29) is 0 Å². The fourth-order valence-electron chi connectivity index (χ4n) is 3.17. The predicted molar refractivity (Wildman–Crippen MR) is 97.4 cm³/mol. The monoisotopic (exact) mass is 331 g/mol. The van der Waals surface area contributed by atoms with Crippen molar-refractivity contribution in [3.05, 3.63) is 39.8 Å². The highest BCUT2D eigenvalue weighted by Crippen LogP contribution is 2.30. The van der Waals surface area contributed by atoms with Crippen LogP contribution in [0.5, 0.6) is 0 Å². The summed E-state index contributed by atoms with van der Waals surface area (Å²) in [5.41, 5.74) is 3.57. The van der Waals surface area contributed by atoms with Crippen LogP contribution in [0.25, 0.3) is 0 Å². The van der Waals surface area contributed by atoms with E-state index in [0.29, 0.717) is 12.5 Å². The Morgan fingerprint density at radius 1 is 1.26 bits per heavy atom. The summed E-state index contributed by atoms with van der Waals surface area (Å²) in [7, 11) is 0. The van der Waals surface area contributed by atoms with Crippen molar-refractivity contribution in [1.29, 1.82) is 0 Å². The van der Waals surface area contributed by atoms with Gasteiger partial charge in [0.15, 0.2) is 0 Å². The molecule has 1 aromatic heterocycles. The predicted octanol–water partition coefficient (Wildman–Crippen LogP) is 3.58. The number of nitrogens with one attached hydrogen (secondary N) is 1. The summed E-state index contributed by atoms with van der Waals surface area (Å²) >= 11 is 1.76. The lowest BCUT2D eigenvalue weighted by molar-refractivity contribution is 0.203. The van der Waals surface area contributed by atoms with Crippen LogP contribution in [-0.4, -0.2) is 29.8 Å². The zero-order valence-electron chi connectivity index (χ0n) is 13.9. The normalized spacial score (nSPS) is 15.9. The minimum absolute atomic E-state index is 0.317. The zero-order valence-corrected chi connectivity index (χ0v) is 14.7. The van der Waals surface area contributed by atoms with E-state index in [4.69, 9.17) is 0 Å². The number of aliphatic hydroxyl groups excluding tert-OH is 1. The van der Waals surface area contributed by atoms with Gasteiger partial charge in [-0.05, 0) is 44.7 Å². The van der Waals surface area contributed by atoms with Crippen molar-refractivity contribution in [2.75, 3.05) is 29.9 Å². The van der Waals surface area contributed by atoms with Crippen molar-refractivity contribution in [1.82, 2.24) is 4.98 Å². The van der Waals surface area contributed by atoms with Crippen LogP contribution in [0.3, 0.4) is 0 Å². The molecule has 2 N–H and O–H groups in total. The third kappa shape index (κ3) is 3.85. The van der Waals surface area contributed by atoms with Gasteiger partial charge in [0.2, 0.25) is 0 Å². The molecule has 0 radical (unpaired) electrons. The van der Waals surface area contributed by atoms with Crippen LogP contribution in [0.15, 0.2) is 24.3 Å². The SMILES string of the molecule is Cc1nc(C)c(CNc2ccccc2N2CCC(CO)CC2)s1. The van der Waals surface area contributed by atoms with Gasteiger partial charge in [-0.25, -0.2) is 4.98 Å². The van der Waals surface area contributed by atoms with E-state index in [1.807, 2.05) is 0 Å². The highest BCUT2D eigenvalue weighted by molar-refractivity contribution is 7.11. The van der Waals surface area contributed by atoms with Gasteiger partial charge in [0.25, 0.3) is 0 Å². The number of piperidine rings is 1. The molecule has 1 saturated heterocycles. The lowest BCUT2D eigenvalue weighted by Crippen LogP contribution is -2.35. The van der Waals surface area contributed by atoms with Gasteiger partial charge in [-0.3, -0.25) is 0 Å². The van der Waals surface area contributed by atoms with Crippen molar-refractivity contribution in [2.45, 2.75) is 33.2 Å². The second kappa shape index (κ2) is 7.32. The average molecular weight is 331 g/mol. The summed E-state index contributed by atoms with van der Waals surface area (Å²) in [6, 6.07) is 8.51. The fourth-order valence-corrected chi connectivity index (χ4v) is 4.05. The quantitative estimate of drug-likeness (QED) is 0.879. The van der Waals surface area contributed by atoms with Gasteiger partial charge in [-0.1, -0.05) is 12.1 Å². The van der Waals surface area contributed by atoms with Gasteiger partial charge in [0, 0.05) is 24.6 Å². The Labute approximate surface area is 142 Å². The number of para-hydroxylation sites is 2. The van der Waals surface area contributed by atoms with Crippen LogP contribution in [0.2, 0.25) is 0 Å². The molecule has 3 rings (SSSR count). The number of hydrogen-bond acceptors (Lipinski definition) is 5. The first-order valence-corrected chi connectivity index (χ1v) is 9.10. The Morgan fingerprint density at radius 3 is 2.65 bits per heavy atom. The first-order chi connectivity index (χ1) is 11.2. The maximum atomic E-state index is 9.31. The molecule has 0 saturated carbocycles. The van der Waals surface area contributed by atoms with Gasteiger partial charge >= 0.3 is 0 Å². The summed E-state index contributed by atoms with van der Waals surface area (Å²) in [5.74, 6) is 0.467. The van der Waals surface area contributed by atoms with Crippen molar-refractivity contribution >= 4 is 22.7 Å². The zero-order chi connectivity index (χ0) is 16.2. The number of benzene rings is 1. The average Bonchev–Trinajstić information content (AvgIpc) is 2.91. The second-order valence-corrected chi connectivity index (χ2v) is 7.51. The van der Waals surface area contributed by atoms with Crippen molar-refractivity contribution in [3.8, 4) is 0 Å². The van der Waals surface area contributed by atoms with Gasteiger partial charge in [0.1, 0.15) is 0 Å². The molecule has 2 aromatic rings. The van der Waals surface area contributed by atoms with Crippen LogP contribution in [0.4, 0.5) is 11.4 Å². The van der Waals surface area contributed by atoms with Crippen LogP contribution >= 0.6 is 11.3 Å². The van der Waals surface area contributed by atoms with E-state index in [9.17, 15) is 5.11 Å². The van der Waals surface area contributed by atoms with E-state index in [1.165, 1.54) is 16.3 Å². The Morgan fingerprint density at radius 2 is 2.00 bits per heavy atom. The largest absolute Gasteiger partial charge is 0.396 e. The molecule has 0 amide bonds. The number of hydrogen-bond donors (Lipinski definition) is 2. The number of rotatable bonds is 5. The number of thiazole rings is 1.